The Morgan fingerprint density at radius 3 is 2.27 bits per heavy atom. The molecule has 0 radical (unpaired) electrons. The van der Waals surface area contributed by atoms with Gasteiger partial charge in [-0.15, -0.1) is 0 Å². The van der Waals surface area contributed by atoms with Gasteiger partial charge in [-0.25, -0.2) is 4.79 Å². The number of carbonyl (C=O) groups is 3. The van der Waals surface area contributed by atoms with E-state index in [0.717, 1.165) is 34.6 Å². The molecule has 158 valence electrons. The minimum Gasteiger partial charge on any atom is -0.324 e. The average molecular weight is 448 g/mol. The van der Waals surface area contributed by atoms with Crippen molar-refractivity contribution in [3.63, 3.8) is 0 Å². The number of para-hydroxylation sites is 1. The third kappa shape index (κ3) is 4.02. The zero-order valence-corrected chi connectivity index (χ0v) is 18.5. The van der Waals surface area contributed by atoms with E-state index in [9.17, 15) is 14.4 Å². The number of benzene rings is 2. The molecule has 0 aromatic heterocycles. The first-order valence-corrected chi connectivity index (χ1v) is 10.5. The quantitative estimate of drug-likeness (QED) is 0.638. The second kappa shape index (κ2) is 8.66. The normalized spacial score (nSPS) is 18.5. The molecule has 1 aliphatic heterocycles. The maximum absolute atomic E-state index is 13.1. The van der Waals surface area contributed by atoms with Crippen molar-refractivity contribution in [2.45, 2.75) is 39.2 Å². The third-order valence-electron chi connectivity index (χ3n) is 5.34. The molecule has 1 atom stereocenters. The molecule has 3 rings (SSSR count). The van der Waals surface area contributed by atoms with E-state index in [1.807, 2.05) is 32.0 Å². The van der Waals surface area contributed by atoms with Crippen molar-refractivity contribution < 1.29 is 14.4 Å². The lowest BCUT2D eigenvalue weighted by Gasteiger charge is -2.22. The van der Waals surface area contributed by atoms with Crippen LogP contribution < -0.4 is 10.6 Å². The van der Waals surface area contributed by atoms with Crippen LogP contribution in [0.5, 0.6) is 0 Å². The fourth-order valence-electron chi connectivity index (χ4n) is 3.57. The average Bonchev–Trinajstić information content (AvgIpc) is 2.94. The monoisotopic (exact) mass is 447 g/mol. The third-order valence-corrected chi connectivity index (χ3v) is 6.08. The molecule has 2 aromatic rings. The standard InChI is InChI=1S/C22H23Cl2N3O3/c1-4-13-7-6-8-14(5-2)19(13)25-18(28)12-27-20(29)22(3,26-21(27)30)15-9-10-16(23)17(24)11-15/h6-11H,4-5,12H2,1-3H3,(H,25,28)(H,26,30). The summed E-state index contributed by atoms with van der Waals surface area (Å²) in [5, 5.41) is 6.17. The van der Waals surface area contributed by atoms with Gasteiger partial charge < -0.3 is 10.6 Å². The van der Waals surface area contributed by atoms with Crippen molar-refractivity contribution in [2.75, 3.05) is 11.9 Å². The van der Waals surface area contributed by atoms with Crippen LogP contribution in [0.2, 0.25) is 10.0 Å². The Morgan fingerprint density at radius 1 is 1.07 bits per heavy atom. The molecule has 6 nitrogen and oxygen atoms in total. The predicted molar refractivity (Wildman–Crippen MR) is 118 cm³/mol. The number of anilines is 1. The Labute approximate surface area is 185 Å². The van der Waals surface area contributed by atoms with Crippen molar-refractivity contribution >= 4 is 46.7 Å². The zero-order valence-electron chi connectivity index (χ0n) is 17.0. The lowest BCUT2D eigenvalue weighted by atomic mass is 9.92. The van der Waals surface area contributed by atoms with Gasteiger partial charge in [-0.05, 0) is 48.6 Å². The first-order valence-electron chi connectivity index (χ1n) is 9.71. The fourth-order valence-corrected chi connectivity index (χ4v) is 3.87. The molecule has 1 heterocycles. The Kier molecular flexibility index (Phi) is 6.38. The highest BCUT2D eigenvalue weighted by molar-refractivity contribution is 6.42. The Hall–Kier alpha value is -2.57. The number of carbonyl (C=O) groups excluding carboxylic acids is 3. The number of aryl methyl sites for hydroxylation is 2. The van der Waals surface area contributed by atoms with Gasteiger partial charge in [0.1, 0.15) is 12.1 Å². The number of imide groups is 1. The Bertz CT molecular complexity index is 1000. The van der Waals surface area contributed by atoms with Crippen LogP contribution in [0.15, 0.2) is 36.4 Å². The topological polar surface area (TPSA) is 78.5 Å². The fraction of sp³-hybridized carbons (Fsp3) is 0.318. The number of urea groups is 1. The molecule has 4 amide bonds. The van der Waals surface area contributed by atoms with Crippen LogP contribution in [0, 0.1) is 0 Å². The Morgan fingerprint density at radius 2 is 1.70 bits per heavy atom. The number of nitrogens with zero attached hydrogens (tertiary/aromatic N) is 1. The Balaban J connectivity index is 1.81. The van der Waals surface area contributed by atoms with E-state index < -0.39 is 23.4 Å². The summed E-state index contributed by atoms with van der Waals surface area (Å²) in [6, 6.07) is 9.94. The van der Waals surface area contributed by atoms with Gasteiger partial charge in [-0.2, -0.15) is 0 Å². The van der Waals surface area contributed by atoms with Crippen molar-refractivity contribution in [3.05, 3.63) is 63.1 Å². The van der Waals surface area contributed by atoms with E-state index in [2.05, 4.69) is 10.6 Å². The van der Waals surface area contributed by atoms with Crippen molar-refractivity contribution in [1.29, 1.82) is 0 Å². The van der Waals surface area contributed by atoms with Gasteiger partial charge in [0.2, 0.25) is 5.91 Å². The molecule has 30 heavy (non-hydrogen) atoms. The molecule has 0 aliphatic carbocycles. The summed E-state index contributed by atoms with van der Waals surface area (Å²) < 4.78 is 0. The molecule has 1 saturated heterocycles. The summed E-state index contributed by atoms with van der Waals surface area (Å²) in [5.74, 6) is -0.965. The number of hydrogen-bond acceptors (Lipinski definition) is 3. The van der Waals surface area contributed by atoms with Crippen LogP contribution in [-0.2, 0) is 28.0 Å². The van der Waals surface area contributed by atoms with Crippen molar-refractivity contribution in [1.82, 2.24) is 10.2 Å². The number of amides is 4. The molecule has 0 bridgehead atoms. The molecule has 1 unspecified atom stereocenters. The molecule has 8 heteroatoms. The van der Waals surface area contributed by atoms with Gasteiger partial charge in [0.05, 0.1) is 10.0 Å². The second-order valence-corrected chi connectivity index (χ2v) is 8.10. The van der Waals surface area contributed by atoms with Gasteiger partial charge in [-0.1, -0.05) is 61.3 Å². The van der Waals surface area contributed by atoms with Crippen molar-refractivity contribution in [2.24, 2.45) is 0 Å². The number of nitrogens with one attached hydrogen (secondary N) is 2. The number of rotatable bonds is 6. The molecule has 0 saturated carbocycles. The molecular formula is C22H23Cl2N3O3. The van der Waals surface area contributed by atoms with E-state index in [1.54, 1.807) is 19.1 Å². The van der Waals surface area contributed by atoms with Gasteiger partial charge in [0.25, 0.3) is 5.91 Å². The number of halogens is 2. The minimum atomic E-state index is -1.33. The van der Waals surface area contributed by atoms with Crippen LogP contribution in [-0.4, -0.2) is 29.3 Å². The molecule has 2 aromatic carbocycles. The number of hydrogen-bond donors (Lipinski definition) is 2. The molecule has 1 aliphatic rings. The van der Waals surface area contributed by atoms with E-state index in [0.29, 0.717) is 10.6 Å². The van der Waals surface area contributed by atoms with E-state index >= 15 is 0 Å². The minimum absolute atomic E-state index is 0.275. The summed E-state index contributed by atoms with van der Waals surface area (Å²) in [7, 11) is 0. The predicted octanol–water partition coefficient (Wildman–Crippen LogP) is 4.52. The summed E-state index contributed by atoms with van der Waals surface area (Å²) >= 11 is 12.0. The van der Waals surface area contributed by atoms with E-state index in [4.69, 9.17) is 23.2 Å². The maximum atomic E-state index is 13.1. The van der Waals surface area contributed by atoms with Crippen LogP contribution in [0.25, 0.3) is 0 Å². The van der Waals surface area contributed by atoms with Gasteiger partial charge in [-0.3, -0.25) is 14.5 Å². The largest absolute Gasteiger partial charge is 0.325 e. The second-order valence-electron chi connectivity index (χ2n) is 7.28. The highest BCUT2D eigenvalue weighted by Crippen LogP contribution is 2.33. The maximum Gasteiger partial charge on any atom is 0.325 e. The van der Waals surface area contributed by atoms with Gasteiger partial charge >= 0.3 is 6.03 Å². The van der Waals surface area contributed by atoms with Crippen LogP contribution in [0.3, 0.4) is 0 Å². The summed E-state index contributed by atoms with van der Waals surface area (Å²) in [6.07, 6.45) is 1.50. The molecular weight excluding hydrogens is 425 g/mol. The first kappa shape index (κ1) is 22.1. The van der Waals surface area contributed by atoms with Crippen LogP contribution >= 0.6 is 23.2 Å². The van der Waals surface area contributed by atoms with Crippen LogP contribution in [0.4, 0.5) is 10.5 Å². The zero-order chi connectivity index (χ0) is 22.1. The van der Waals surface area contributed by atoms with E-state index in [1.165, 1.54) is 6.07 Å². The van der Waals surface area contributed by atoms with Crippen molar-refractivity contribution in [3.8, 4) is 0 Å². The lowest BCUT2D eigenvalue weighted by Crippen LogP contribution is -2.42. The van der Waals surface area contributed by atoms with Gasteiger partial charge in [0, 0.05) is 5.69 Å². The highest BCUT2D eigenvalue weighted by Gasteiger charge is 2.49. The first-order chi connectivity index (χ1) is 14.2. The summed E-state index contributed by atoms with van der Waals surface area (Å²) in [6.45, 7) is 5.20. The highest BCUT2D eigenvalue weighted by atomic mass is 35.5. The molecule has 2 N–H and O–H groups in total. The SMILES string of the molecule is CCc1cccc(CC)c1NC(=O)CN1C(=O)NC(C)(c2ccc(Cl)c(Cl)c2)C1=O. The molecule has 0 spiro atoms. The van der Waals surface area contributed by atoms with E-state index in [-0.39, 0.29) is 11.6 Å². The van der Waals surface area contributed by atoms with Crippen LogP contribution in [0.1, 0.15) is 37.5 Å². The summed E-state index contributed by atoms with van der Waals surface area (Å²) in [5.41, 5.74) is 1.90. The molecule has 1 fully saturated rings. The summed E-state index contributed by atoms with van der Waals surface area (Å²) in [4.78, 5) is 39.2. The van der Waals surface area contributed by atoms with Gasteiger partial charge in [0.15, 0.2) is 0 Å². The lowest BCUT2D eigenvalue weighted by molar-refractivity contribution is -0.133. The smallest absolute Gasteiger partial charge is 0.324 e.